The third-order valence-electron chi connectivity index (χ3n) is 6.75. The number of sulfonamides is 1. The summed E-state index contributed by atoms with van der Waals surface area (Å²) in [6.07, 6.45) is 5.60. The molecule has 0 radical (unpaired) electrons. The van der Waals surface area contributed by atoms with Gasteiger partial charge in [0.05, 0.1) is 21.6 Å². The topological polar surface area (TPSA) is 118 Å². The van der Waals surface area contributed by atoms with Crippen molar-refractivity contribution in [2.24, 2.45) is 0 Å². The molecule has 2 aliphatic rings. The number of benzene rings is 2. The molecule has 1 aliphatic carbocycles. The average Bonchev–Trinajstić information content (AvgIpc) is 3.30. The molecule has 0 bridgehead atoms. The maximum absolute atomic E-state index is 13.1. The number of aromatic nitrogens is 2. The van der Waals surface area contributed by atoms with Crippen molar-refractivity contribution in [2.75, 3.05) is 37.4 Å². The monoisotopic (exact) mass is 664 g/mol. The molecule has 208 valence electrons. The first-order valence-electron chi connectivity index (χ1n) is 13.1. The van der Waals surface area contributed by atoms with E-state index in [1.165, 1.54) is 0 Å². The zero-order valence-corrected chi connectivity index (χ0v) is 25.0. The molecule has 5 rings (SSSR count). The fourth-order valence-corrected chi connectivity index (χ4v) is 6.38. The Morgan fingerprint density at radius 2 is 1.92 bits per heavy atom. The van der Waals surface area contributed by atoms with Crippen LogP contribution in [-0.2, 0) is 10.0 Å². The van der Waals surface area contributed by atoms with Crippen LogP contribution in [0.2, 0.25) is 0 Å². The van der Waals surface area contributed by atoms with Gasteiger partial charge in [-0.3, -0.25) is 0 Å². The van der Waals surface area contributed by atoms with Gasteiger partial charge in [0.25, 0.3) is 0 Å². The van der Waals surface area contributed by atoms with Gasteiger partial charge in [-0.1, -0.05) is 18.6 Å². The normalized spacial score (nSPS) is 18.0. The molecule has 1 aromatic heterocycles. The molecule has 2 heterocycles. The van der Waals surface area contributed by atoms with Crippen molar-refractivity contribution < 1.29 is 17.9 Å². The van der Waals surface area contributed by atoms with E-state index in [2.05, 4.69) is 59.9 Å². The Morgan fingerprint density at radius 1 is 1.10 bits per heavy atom. The van der Waals surface area contributed by atoms with E-state index in [0.29, 0.717) is 35.5 Å². The van der Waals surface area contributed by atoms with Crippen LogP contribution in [0.3, 0.4) is 0 Å². The van der Waals surface area contributed by atoms with E-state index >= 15 is 0 Å². The largest absolute Gasteiger partial charge is 0.492 e. The van der Waals surface area contributed by atoms with E-state index in [9.17, 15) is 8.42 Å². The quantitative estimate of drug-likeness (QED) is 0.247. The van der Waals surface area contributed by atoms with E-state index in [1.807, 2.05) is 25.1 Å². The van der Waals surface area contributed by atoms with Crippen LogP contribution in [0.5, 0.6) is 11.5 Å². The highest BCUT2D eigenvalue weighted by Crippen LogP contribution is 2.33. The van der Waals surface area contributed by atoms with Crippen LogP contribution < -0.4 is 24.8 Å². The molecule has 12 heteroatoms. The second-order valence-corrected chi connectivity index (χ2v) is 12.6. The fraction of sp³-hybridized carbons (Fsp3) is 0.407. The molecule has 0 unspecified atom stereocenters. The van der Waals surface area contributed by atoms with E-state index < -0.39 is 10.0 Å². The van der Waals surface area contributed by atoms with Gasteiger partial charge in [-0.25, -0.2) is 18.1 Å². The van der Waals surface area contributed by atoms with Gasteiger partial charge in [0.2, 0.25) is 16.0 Å². The first-order valence-corrected chi connectivity index (χ1v) is 15.7. The van der Waals surface area contributed by atoms with Gasteiger partial charge in [0.1, 0.15) is 28.3 Å². The summed E-state index contributed by atoms with van der Waals surface area (Å²) in [5, 5.41) is 6.44. The summed E-state index contributed by atoms with van der Waals surface area (Å²) in [4.78, 5) is 11.5. The first-order chi connectivity index (χ1) is 18.8. The van der Waals surface area contributed by atoms with Gasteiger partial charge in [-0.15, -0.1) is 0 Å². The van der Waals surface area contributed by atoms with Gasteiger partial charge >= 0.3 is 0 Å². The van der Waals surface area contributed by atoms with Gasteiger partial charge in [0, 0.05) is 31.4 Å². The highest BCUT2D eigenvalue weighted by atomic mass is 127. The third-order valence-corrected chi connectivity index (χ3v) is 9.12. The van der Waals surface area contributed by atoms with E-state index in [1.54, 1.807) is 30.5 Å². The lowest BCUT2D eigenvalue weighted by atomic mass is 9.94. The number of nitrogens with one attached hydrogen (secondary N) is 3. The summed E-state index contributed by atoms with van der Waals surface area (Å²) < 4.78 is 41.7. The summed E-state index contributed by atoms with van der Waals surface area (Å²) >= 11 is 2.13. The van der Waals surface area contributed by atoms with E-state index in [-0.39, 0.29) is 17.0 Å². The van der Waals surface area contributed by atoms with Crippen LogP contribution in [0.4, 0.5) is 23.1 Å². The Kier molecular flexibility index (Phi) is 8.74. The van der Waals surface area contributed by atoms with Crippen molar-refractivity contribution in [2.45, 2.75) is 49.6 Å². The number of hydrogen-bond donors (Lipinski definition) is 3. The van der Waals surface area contributed by atoms with Gasteiger partial charge in [-0.2, -0.15) is 4.98 Å². The number of ether oxygens (including phenoxy) is 2. The molecule has 2 fully saturated rings. The maximum Gasteiger partial charge on any atom is 0.242 e. The van der Waals surface area contributed by atoms with Crippen LogP contribution >= 0.6 is 22.6 Å². The number of likely N-dealkylation sites (N-methyl/N-ethyl adjacent to an activating group) is 1. The fourth-order valence-electron chi connectivity index (χ4n) is 4.51. The Bertz CT molecular complexity index is 1420. The molecular weight excluding hydrogens is 631 g/mol. The van der Waals surface area contributed by atoms with Crippen LogP contribution in [0, 0.1) is 3.57 Å². The van der Waals surface area contributed by atoms with Crippen LogP contribution in [-0.4, -0.2) is 62.2 Å². The predicted octanol–water partition coefficient (Wildman–Crippen LogP) is 4.88. The lowest BCUT2D eigenvalue weighted by molar-refractivity contribution is 0.207. The number of likely N-dealkylation sites (tertiary alicyclic amines) is 1. The molecule has 39 heavy (non-hydrogen) atoms. The maximum atomic E-state index is 13.1. The molecule has 1 saturated heterocycles. The Hall–Kier alpha value is -2.68. The van der Waals surface area contributed by atoms with E-state index in [4.69, 9.17) is 9.47 Å². The highest BCUT2D eigenvalue weighted by molar-refractivity contribution is 14.1. The van der Waals surface area contributed by atoms with Crippen molar-refractivity contribution in [1.29, 1.82) is 0 Å². The third kappa shape index (κ3) is 6.91. The number of anilines is 4. The summed E-state index contributed by atoms with van der Waals surface area (Å²) in [6, 6.07) is 12.5. The van der Waals surface area contributed by atoms with Crippen molar-refractivity contribution in [3.8, 4) is 11.5 Å². The van der Waals surface area contributed by atoms with Crippen LogP contribution in [0.15, 0.2) is 53.6 Å². The smallest absolute Gasteiger partial charge is 0.242 e. The number of para-hydroxylation sites is 1. The second kappa shape index (κ2) is 12.2. The average molecular weight is 665 g/mol. The lowest BCUT2D eigenvalue weighted by Crippen LogP contribution is -2.39. The second-order valence-electron chi connectivity index (χ2n) is 9.77. The number of rotatable bonds is 11. The molecule has 1 aliphatic heterocycles. The highest BCUT2D eigenvalue weighted by Gasteiger charge is 2.27. The van der Waals surface area contributed by atoms with E-state index in [0.717, 1.165) is 48.1 Å². The summed E-state index contributed by atoms with van der Waals surface area (Å²) in [5.41, 5.74) is 1.15. The summed E-state index contributed by atoms with van der Waals surface area (Å²) in [7, 11) is -1.58. The summed E-state index contributed by atoms with van der Waals surface area (Å²) in [6.45, 7) is 4.34. The number of halogens is 1. The number of hydrogen-bond acceptors (Lipinski definition) is 9. The molecule has 1 atom stereocenters. The molecule has 3 N–H and O–H groups in total. The van der Waals surface area contributed by atoms with Gasteiger partial charge < -0.3 is 25.0 Å². The van der Waals surface area contributed by atoms with Gasteiger partial charge in [-0.05, 0) is 80.1 Å². The molecule has 3 aromatic rings. The number of nitrogens with zero attached hydrogens (tertiary/aromatic N) is 3. The zero-order chi connectivity index (χ0) is 27.4. The van der Waals surface area contributed by atoms with Crippen molar-refractivity contribution in [3.63, 3.8) is 0 Å². The standard InChI is InChI=1S/C27H33IN6O4S/c1-3-37-24-15-19(38-20-13-14-34(2)17-20)11-12-22(24)31-27-29-16-21(28)26(32-27)30-23-9-4-5-10-25(23)39(35,36)33-18-7-6-8-18/h4-5,9-12,15-16,18,20,33H,3,6-8,13-14,17H2,1-2H3,(H2,29,30,31,32)/t20-/m0/s1. The SMILES string of the molecule is CCOc1cc(O[C@H]2CCN(C)C2)ccc1Nc1ncc(I)c(Nc2ccccc2S(=O)(=O)NC2CCC2)n1. The molecule has 0 spiro atoms. The zero-order valence-electron chi connectivity index (χ0n) is 22.0. The minimum atomic E-state index is -3.68. The molecule has 1 saturated carbocycles. The lowest BCUT2D eigenvalue weighted by Gasteiger charge is -2.26. The minimum Gasteiger partial charge on any atom is -0.492 e. The molecule has 2 aromatic carbocycles. The van der Waals surface area contributed by atoms with Crippen molar-refractivity contribution >= 4 is 55.8 Å². The van der Waals surface area contributed by atoms with Gasteiger partial charge in [0.15, 0.2) is 0 Å². The van der Waals surface area contributed by atoms with Crippen molar-refractivity contribution in [1.82, 2.24) is 19.6 Å². The minimum absolute atomic E-state index is 0.00567. The predicted molar refractivity (Wildman–Crippen MR) is 160 cm³/mol. The Morgan fingerprint density at radius 3 is 2.64 bits per heavy atom. The molecule has 0 amide bonds. The van der Waals surface area contributed by atoms with Crippen LogP contribution in [0.25, 0.3) is 0 Å². The van der Waals surface area contributed by atoms with Crippen molar-refractivity contribution in [3.05, 3.63) is 52.2 Å². The molecule has 10 nitrogen and oxygen atoms in total. The molecular formula is C27H33IN6O4S. The Balaban J connectivity index is 1.35. The first kappa shape index (κ1) is 27.9. The Labute approximate surface area is 243 Å². The summed E-state index contributed by atoms with van der Waals surface area (Å²) in [5.74, 6) is 2.22. The van der Waals surface area contributed by atoms with Crippen LogP contribution in [0.1, 0.15) is 32.6 Å².